The number of hydrogen-bond donors (Lipinski definition) is 1. The number of nitrogens with zero attached hydrogens (tertiary/aromatic N) is 1. The van der Waals surface area contributed by atoms with E-state index in [9.17, 15) is 9.59 Å². The number of carbonyl (C=O) groups excluding carboxylic acids is 2. The van der Waals surface area contributed by atoms with Crippen LogP contribution < -0.4 is 5.32 Å². The van der Waals surface area contributed by atoms with E-state index < -0.39 is 0 Å². The summed E-state index contributed by atoms with van der Waals surface area (Å²) in [6, 6.07) is 22.4. The number of benzene rings is 3. The number of hydrogen-bond acceptors (Lipinski definition) is 5. The van der Waals surface area contributed by atoms with Gasteiger partial charge in [-0.2, -0.15) is 0 Å². The smallest absolute Gasteiger partial charge is 0.255 e. The van der Waals surface area contributed by atoms with Crippen molar-refractivity contribution in [3.05, 3.63) is 89.5 Å². The number of Topliss-reactive ketones (excluding diaryl/α,β-unsaturated/α-hetero) is 1. The van der Waals surface area contributed by atoms with E-state index >= 15 is 0 Å². The van der Waals surface area contributed by atoms with Gasteiger partial charge in [0, 0.05) is 16.8 Å². The Kier molecular flexibility index (Phi) is 5.74. The largest absolute Gasteiger partial charge is 0.322 e. The Labute approximate surface area is 177 Å². The molecule has 1 heterocycles. The predicted octanol–water partition coefficient (Wildman–Crippen LogP) is 5.83. The highest BCUT2D eigenvalue weighted by molar-refractivity contribution is 8.01. The molecule has 0 aliphatic carbocycles. The number of carbonyl (C=O) groups is 2. The van der Waals surface area contributed by atoms with Crippen molar-refractivity contribution in [2.24, 2.45) is 0 Å². The fourth-order valence-corrected chi connectivity index (χ4v) is 4.79. The molecule has 1 aromatic heterocycles. The molecule has 0 aliphatic heterocycles. The average Bonchev–Trinajstić information content (AvgIpc) is 3.15. The van der Waals surface area contributed by atoms with Crippen LogP contribution in [0.1, 0.15) is 26.3 Å². The van der Waals surface area contributed by atoms with E-state index in [1.165, 1.54) is 23.1 Å². The lowest BCUT2D eigenvalue weighted by Gasteiger charge is -2.05. The summed E-state index contributed by atoms with van der Waals surface area (Å²) in [6.45, 7) is 1.99. The van der Waals surface area contributed by atoms with Crippen molar-refractivity contribution in [1.82, 2.24) is 4.98 Å². The Bertz CT molecular complexity index is 1170. The minimum Gasteiger partial charge on any atom is -0.322 e. The SMILES string of the molecule is Cc1ccc(C(=O)Nc2ccc3nc(SCC(=O)c4ccccc4)sc3c2)cc1. The third kappa shape index (κ3) is 4.72. The molecule has 0 spiro atoms. The molecule has 4 nitrogen and oxygen atoms in total. The maximum absolute atomic E-state index is 12.4. The summed E-state index contributed by atoms with van der Waals surface area (Å²) in [7, 11) is 0. The van der Waals surface area contributed by atoms with Crippen LogP contribution in [0.25, 0.3) is 10.2 Å². The van der Waals surface area contributed by atoms with E-state index in [4.69, 9.17) is 0 Å². The highest BCUT2D eigenvalue weighted by Gasteiger charge is 2.11. The molecule has 29 heavy (non-hydrogen) atoms. The number of amides is 1. The van der Waals surface area contributed by atoms with Crippen molar-refractivity contribution in [1.29, 1.82) is 0 Å². The highest BCUT2D eigenvalue weighted by Crippen LogP contribution is 2.31. The van der Waals surface area contributed by atoms with E-state index in [1.54, 1.807) is 0 Å². The first-order valence-electron chi connectivity index (χ1n) is 9.08. The molecule has 4 rings (SSSR count). The first-order valence-corrected chi connectivity index (χ1v) is 10.9. The van der Waals surface area contributed by atoms with Crippen molar-refractivity contribution < 1.29 is 9.59 Å². The van der Waals surface area contributed by atoms with Gasteiger partial charge in [-0.15, -0.1) is 11.3 Å². The number of aryl methyl sites for hydroxylation is 1. The van der Waals surface area contributed by atoms with Crippen LogP contribution >= 0.6 is 23.1 Å². The number of nitrogens with one attached hydrogen (secondary N) is 1. The van der Waals surface area contributed by atoms with Crippen molar-refractivity contribution in [2.45, 2.75) is 11.3 Å². The minimum absolute atomic E-state index is 0.0842. The maximum Gasteiger partial charge on any atom is 0.255 e. The summed E-state index contributed by atoms with van der Waals surface area (Å²) in [5.41, 5.74) is 4.03. The monoisotopic (exact) mass is 418 g/mol. The molecule has 3 aromatic carbocycles. The van der Waals surface area contributed by atoms with Crippen LogP contribution in [0, 0.1) is 6.92 Å². The lowest BCUT2D eigenvalue weighted by atomic mass is 10.1. The molecule has 144 valence electrons. The van der Waals surface area contributed by atoms with Gasteiger partial charge in [0.15, 0.2) is 10.1 Å². The van der Waals surface area contributed by atoms with Crippen LogP contribution in [0.3, 0.4) is 0 Å². The second-order valence-electron chi connectivity index (χ2n) is 6.56. The van der Waals surface area contributed by atoms with Gasteiger partial charge in [0.05, 0.1) is 16.0 Å². The minimum atomic E-state index is -0.142. The number of rotatable bonds is 6. The fourth-order valence-electron chi connectivity index (χ4n) is 2.79. The summed E-state index contributed by atoms with van der Waals surface area (Å²) < 4.78 is 1.81. The van der Waals surface area contributed by atoms with Crippen LogP contribution in [0.2, 0.25) is 0 Å². The van der Waals surface area contributed by atoms with Gasteiger partial charge in [0.2, 0.25) is 0 Å². The molecule has 0 saturated carbocycles. The third-order valence-corrected chi connectivity index (χ3v) is 6.52. The summed E-state index contributed by atoms with van der Waals surface area (Å²) >= 11 is 2.96. The van der Waals surface area contributed by atoms with Gasteiger partial charge >= 0.3 is 0 Å². The van der Waals surface area contributed by atoms with Crippen molar-refractivity contribution in [3.63, 3.8) is 0 Å². The fraction of sp³-hybridized carbons (Fsp3) is 0.0870. The van der Waals surface area contributed by atoms with Gasteiger partial charge in [0.25, 0.3) is 5.91 Å². The molecule has 0 saturated heterocycles. The normalized spacial score (nSPS) is 10.8. The van der Waals surface area contributed by atoms with Gasteiger partial charge in [-0.1, -0.05) is 59.8 Å². The predicted molar refractivity (Wildman–Crippen MR) is 120 cm³/mol. The number of aromatic nitrogens is 1. The molecule has 4 aromatic rings. The van der Waals surface area contributed by atoms with E-state index in [-0.39, 0.29) is 11.7 Å². The Morgan fingerprint density at radius 2 is 1.72 bits per heavy atom. The van der Waals surface area contributed by atoms with Crippen molar-refractivity contribution in [3.8, 4) is 0 Å². The van der Waals surface area contributed by atoms with Crippen LogP contribution in [0.4, 0.5) is 5.69 Å². The molecular formula is C23H18N2O2S2. The molecule has 0 atom stereocenters. The summed E-state index contributed by atoms with van der Waals surface area (Å²) in [5, 5.41) is 2.93. The van der Waals surface area contributed by atoms with Crippen LogP contribution in [0.15, 0.2) is 77.1 Å². The molecule has 1 amide bonds. The van der Waals surface area contributed by atoms with Gasteiger partial charge in [-0.05, 0) is 37.3 Å². The Hall–Kier alpha value is -2.96. The molecule has 0 aliphatic rings. The number of anilines is 1. The van der Waals surface area contributed by atoms with E-state index in [2.05, 4.69) is 10.3 Å². The van der Waals surface area contributed by atoms with Crippen molar-refractivity contribution in [2.75, 3.05) is 11.1 Å². The standard InChI is InChI=1S/C23H18N2O2S2/c1-15-7-9-17(10-8-15)22(27)24-18-11-12-19-21(13-18)29-23(25-19)28-14-20(26)16-5-3-2-4-6-16/h2-13H,14H2,1H3,(H,24,27). The molecule has 0 radical (unpaired) electrons. The second-order valence-corrected chi connectivity index (χ2v) is 8.81. The molecule has 0 bridgehead atoms. The van der Waals surface area contributed by atoms with Gasteiger partial charge in [-0.3, -0.25) is 9.59 Å². The van der Waals surface area contributed by atoms with Crippen LogP contribution in [0.5, 0.6) is 0 Å². The van der Waals surface area contributed by atoms with E-state index in [0.717, 1.165) is 25.8 Å². The van der Waals surface area contributed by atoms with Crippen molar-refractivity contribution >= 4 is 50.7 Å². The second kappa shape index (κ2) is 8.59. The maximum atomic E-state index is 12.4. The van der Waals surface area contributed by atoms with Crippen LogP contribution in [-0.4, -0.2) is 22.4 Å². The molecule has 0 fully saturated rings. The average molecular weight is 419 g/mol. The third-order valence-electron chi connectivity index (χ3n) is 4.36. The lowest BCUT2D eigenvalue weighted by molar-refractivity contribution is 0.101. The quantitative estimate of drug-likeness (QED) is 0.316. The first kappa shape index (κ1) is 19.4. The zero-order chi connectivity index (χ0) is 20.2. The topological polar surface area (TPSA) is 59.1 Å². The zero-order valence-corrected chi connectivity index (χ0v) is 17.3. The highest BCUT2D eigenvalue weighted by atomic mass is 32.2. The number of thiazole rings is 1. The van der Waals surface area contributed by atoms with Gasteiger partial charge < -0.3 is 5.32 Å². The Morgan fingerprint density at radius 1 is 0.966 bits per heavy atom. The molecule has 6 heteroatoms. The van der Waals surface area contributed by atoms with E-state index in [1.807, 2.05) is 79.7 Å². The van der Waals surface area contributed by atoms with Gasteiger partial charge in [-0.25, -0.2) is 4.98 Å². The van der Waals surface area contributed by atoms with Crippen LogP contribution in [-0.2, 0) is 0 Å². The molecular weight excluding hydrogens is 400 g/mol. The summed E-state index contributed by atoms with van der Waals surface area (Å²) in [5.74, 6) is 0.291. The summed E-state index contributed by atoms with van der Waals surface area (Å²) in [4.78, 5) is 29.3. The van der Waals surface area contributed by atoms with E-state index in [0.29, 0.717) is 16.9 Å². The number of fused-ring (bicyclic) bond motifs is 1. The molecule has 1 N–H and O–H groups in total. The number of ketones is 1. The molecule has 0 unspecified atom stereocenters. The Morgan fingerprint density at radius 3 is 2.48 bits per heavy atom. The zero-order valence-electron chi connectivity index (χ0n) is 15.7. The first-order chi connectivity index (χ1) is 14.1. The Balaban J connectivity index is 1.44. The number of thioether (sulfide) groups is 1. The summed E-state index contributed by atoms with van der Waals surface area (Å²) in [6.07, 6.45) is 0. The lowest BCUT2D eigenvalue weighted by Crippen LogP contribution is -2.11. The van der Waals surface area contributed by atoms with Gasteiger partial charge in [0.1, 0.15) is 0 Å².